The fraction of sp³-hybridized carbons (Fsp3) is 0.409. The first-order valence-corrected chi connectivity index (χ1v) is 11.3. The Hall–Kier alpha value is -2.74. The number of aromatic nitrogens is 1. The number of rotatable bonds is 5. The van der Waals surface area contributed by atoms with Gasteiger partial charge in [0, 0.05) is 19.3 Å². The van der Waals surface area contributed by atoms with Crippen LogP contribution in [-0.2, 0) is 24.2 Å². The van der Waals surface area contributed by atoms with E-state index in [1.54, 1.807) is 22.9 Å². The molecule has 3 heterocycles. The predicted molar refractivity (Wildman–Crippen MR) is 116 cm³/mol. The summed E-state index contributed by atoms with van der Waals surface area (Å²) < 4.78 is 5.74. The number of para-hydroxylation sites is 1. The number of hydrogen-bond donors (Lipinski definition) is 2. The van der Waals surface area contributed by atoms with Gasteiger partial charge in [0.15, 0.2) is 0 Å². The number of pyridine rings is 1. The average Bonchev–Trinajstić information content (AvgIpc) is 2.76. The van der Waals surface area contributed by atoms with Crippen molar-refractivity contribution in [2.75, 3.05) is 24.7 Å². The summed E-state index contributed by atoms with van der Waals surface area (Å²) in [5, 5.41) is 2.96. The standard InChI is InChI=1S/C22H25N3O4S/c1-2-30-13-19(26)25-8-7-17-15(11-25)10-23-21(27)20(17)22(28)24-16-9-14-5-3-4-6-18(14)29-12-16/h3-6,10,16H,2,7-9,11-13H2,1H3,(H,23,27)(H,24,28). The molecule has 0 aliphatic carbocycles. The topological polar surface area (TPSA) is 91.5 Å². The van der Waals surface area contributed by atoms with Crippen LogP contribution in [0.4, 0.5) is 0 Å². The molecule has 30 heavy (non-hydrogen) atoms. The van der Waals surface area contributed by atoms with Crippen molar-refractivity contribution in [1.82, 2.24) is 15.2 Å². The zero-order chi connectivity index (χ0) is 21.1. The average molecular weight is 428 g/mol. The van der Waals surface area contributed by atoms with Crippen molar-refractivity contribution in [3.8, 4) is 5.75 Å². The molecule has 4 rings (SSSR count). The summed E-state index contributed by atoms with van der Waals surface area (Å²) in [4.78, 5) is 42.3. The molecule has 2 amide bonds. The number of nitrogens with one attached hydrogen (secondary N) is 2. The normalized spacial score (nSPS) is 17.5. The lowest BCUT2D eigenvalue weighted by Gasteiger charge is -2.30. The third-order valence-corrected chi connectivity index (χ3v) is 6.37. The van der Waals surface area contributed by atoms with Crippen molar-refractivity contribution in [1.29, 1.82) is 0 Å². The summed E-state index contributed by atoms with van der Waals surface area (Å²) in [6.07, 6.45) is 2.78. The third-order valence-electron chi connectivity index (χ3n) is 5.51. The quantitative estimate of drug-likeness (QED) is 0.759. The van der Waals surface area contributed by atoms with Crippen molar-refractivity contribution < 1.29 is 14.3 Å². The summed E-state index contributed by atoms with van der Waals surface area (Å²) in [5.74, 6) is 1.88. The molecule has 0 radical (unpaired) electrons. The van der Waals surface area contributed by atoms with Crippen molar-refractivity contribution in [2.45, 2.75) is 32.4 Å². The fourth-order valence-corrected chi connectivity index (χ4v) is 4.54. The number of benzene rings is 1. The Morgan fingerprint density at radius 2 is 2.13 bits per heavy atom. The number of carbonyl (C=O) groups excluding carboxylic acids is 2. The van der Waals surface area contributed by atoms with E-state index in [4.69, 9.17) is 4.74 Å². The molecule has 1 aromatic heterocycles. The number of H-pyrrole nitrogens is 1. The van der Waals surface area contributed by atoms with Crippen LogP contribution in [0.1, 0.15) is 34.0 Å². The van der Waals surface area contributed by atoms with Gasteiger partial charge in [-0.1, -0.05) is 25.1 Å². The van der Waals surface area contributed by atoms with E-state index in [-0.39, 0.29) is 23.4 Å². The monoisotopic (exact) mass is 427 g/mol. The number of thioether (sulfide) groups is 1. The number of aromatic amines is 1. The molecular formula is C22H25N3O4S. The molecule has 8 heteroatoms. The van der Waals surface area contributed by atoms with Crippen LogP contribution in [0.5, 0.6) is 5.75 Å². The molecule has 0 saturated carbocycles. The van der Waals surface area contributed by atoms with Gasteiger partial charge in [0.1, 0.15) is 17.9 Å². The molecule has 2 aliphatic heterocycles. The molecule has 0 spiro atoms. The van der Waals surface area contributed by atoms with E-state index in [2.05, 4.69) is 10.3 Å². The SMILES string of the molecule is CCSCC(=O)N1CCc2c(c[nH]c(=O)c2C(=O)NC2COc3ccccc3C2)C1. The number of nitrogens with zero attached hydrogens (tertiary/aromatic N) is 1. The first kappa shape index (κ1) is 20.5. The maximum absolute atomic E-state index is 13.0. The van der Waals surface area contributed by atoms with E-state index in [9.17, 15) is 14.4 Å². The summed E-state index contributed by atoms with van der Waals surface area (Å²) in [6.45, 7) is 3.32. The van der Waals surface area contributed by atoms with Crippen LogP contribution in [0.3, 0.4) is 0 Å². The second-order valence-electron chi connectivity index (χ2n) is 7.49. The second kappa shape index (κ2) is 8.95. The Morgan fingerprint density at radius 3 is 2.97 bits per heavy atom. The van der Waals surface area contributed by atoms with Gasteiger partial charge in [-0.3, -0.25) is 14.4 Å². The van der Waals surface area contributed by atoms with E-state index >= 15 is 0 Å². The lowest BCUT2D eigenvalue weighted by molar-refractivity contribution is -0.129. The Kier molecular flexibility index (Phi) is 6.13. The molecule has 158 valence electrons. The number of ether oxygens (including phenoxy) is 1. The first-order valence-electron chi connectivity index (χ1n) is 10.2. The van der Waals surface area contributed by atoms with Crippen molar-refractivity contribution in [3.05, 3.63) is 63.1 Å². The highest BCUT2D eigenvalue weighted by molar-refractivity contribution is 7.99. The first-order chi connectivity index (χ1) is 14.6. The number of amides is 2. The molecule has 2 aromatic rings. The van der Waals surface area contributed by atoms with Crippen molar-refractivity contribution in [3.63, 3.8) is 0 Å². The molecule has 1 aromatic carbocycles. The molecule has 2 N–H and O–H groups in total. The highest BCUT2D eigenvalue weighted by Gasteiger charge is 2.28. The molecule has 0 saturated heterocycles. The summed E-state index contributed by atoms with van der Waals surface area (Å²) in [6, 6.07) is 7.56. The zero-order valence-electron chi connectivity index (χ0n) is 16.9. The molecule has 0 fully saturated rings. The molecular weight excluding hydrogens is 402 g/mol. The zero-order valence-corrected chi connectivity index (χ0v) is 17.7. The molecule has 1 unspecified atom stereocenters. The predicted octanol–water partition coefficient (Wildman–Crippen LogP) is 1.75. The minimum atomic E-state index is -0.398. The minimum Gasteiger partial charge on any atom is -0.491 e. The van der Waals surface area contributed by atoms with Crippen LogP contribution >= 0.6 is 11.8 Å². The van der Waals surface area contributed by atoms with E-state index in [1.807, 2.05) is 31.2 Å². The maximum atomic E-state index is 13.0. The molecule has 2 aliphatic rings. The lowest BCUT2D eigenvalue weighted by atomic mass is 9.95. The van der Waals surface area contributed by atoms with Crippen LogP contribution in [-0.4, -0.2) is 52.4 Å². The summed E-state index contributed by atoms with van der Waals surface area (Å²) in [7, 11) is 0. The third kappa shape index (κ3) is 4.23. The Bertz CT molecular complexity index is 1020. The number of carbonyl (C=O) groups is 2. The van der Waals surface area contributed by atoms with Crippen LogP contribution in [0.15, 0.2) is 35.3 Å². The van der Waals surface area contributed by atoms with E-state index in [0.29, 0.717) is 38.3 Å². The van der Waals surface area contributed by atoms with E-state index < -0.39 is 5.56 Å². The van der Waals surface area contributed by atoms with Gasteiger partial charge in [-0.25, -0.2) is 0 Å². The second-order valence-corrected chi connectivity index (χ2v) is 8.77. The van der Waals surface area contributed by atoms with Gasteiger partial charge >= 0.3 is 0 Å². The summed E-state index contributed by atoms with van der Waals surface area (Å²) >= 11 is 1.59. The lowest BCUT2D eigenvalue weighted by Crippen LogP contribution is -2.45. The Balaban J connectivity index is 1.49. The number of fused-ring (bicyclic) bond motifs is 2. The Labute approximate surface area is 179 Å². The Morgan fingerprint density at radius 1 is 1.30 bits per heavy atom. The van der Waals surface area contributed by atoms with E-state index in [1.165, 1.54) is 0 Å². The van der Waals surface area contributed by atoms with Gasteiger partial charge in [-0.05, 0) is 41.4 Å². The van der Waals surface area contributed by atoms with Crippen LogP contribution in [0.25, 0.3) is 0 Å². The molecule has 0 bridgehead atoms. The fourth-order valence-electron chi connectivity index (χ4n) is 3.98. The smallest absolute Gasteiger partial charge is 0.261 e. The summed E-state index contributed by atoms with van der Waals surface area (Å²) in [5.41, 5.74) is 2.36. The van der Waals surface area contributed by atoms with Crippen molar-refractivity contribution in [2.24, 2.45) is 0 Å². The highest BCUT2D eigenvalue weighted by atomic mass is 32.2. The van der Waals surface area contributed by atoms with Gasteiger partial charge < -0.3 is 19.9 Å². The van der Waals surface area contributed by atoms with Gasteiger partial charge in [-0.15, -0.1) is 0 Å². The highest BCUT2D eigenvalue weighted by Crippen LogP contribution is 2.25. The van der Waals surface area contributed by atoms with Crippen molar-refractivity contribution >= 4 is 23.6 Å². The van der Waals surface area contributed by atoms with E-state index in [0.717, 1.165) is 28.2 Å². The van der Waals surface area contributed by atoms with Crippen LogP contribution < -0.4 is 15.6 Å². The van der Waals surface area contributed by atoms with Gasteiger partial charge in [0.25, 0.3) is 11.5 Å². The maximum Gasteiger partial charge on any atom is 0.261 e. The number of hydrogen-bond acceptors (Lipinski definition) is 5. The van der Waals surface area contributed by atoms with Crippen LogP contribution in [0.2, 0.25) is 0 Å². The molecule has 7 nitrogen and oxygen atoms in total. The van der Waals surface area contributed by atoms with Gasteiger partial charge in [-0.2, -0.15) is 11.8 Å². The van der Waals surface area contributed by atoms with Gasteiger partial charge in [0.05, 0.1) is 11.8 Å². The van der Waals surface area contributed by atoms with Gasteiger partial charge in [0.2, 0.25) is 5.91 Å². The molecule has 1 atom stereocenters. The van der Waals surface area contributed by atoms with Crippen LogP contribution in [0, 0.1) is 0 Å². The minimum absolute atomic E-state index is 0.0859. The largest absolute Gasteiger partial charge is 0.491 e.